The predicted molar refractivity (Wildman–Crippen MR) is 61.8 cm³/mol. The highest BCUT2D eigenvalue weighted by atomic mass is 15.1. The summed E-state index contributed by atoms with van der Waals surface area (Å²) in [5.74, 6) is 1.00. The molecular weight excluding hydrogens is 204 g/mol. The summed E-state index contributed by atoms with van der Waals surface area (Å²) in [6.45, 7) is 3.91. The van der Waals surface area contributed by atoms with Crippen LogP contribution in [0, 0.1) is 6.92 Å². The average Bonchev–Trinajstić information content (AvgIpc) is 2.68. The number of nitrogens with one attached hydrogen (secondary N) is 2. The van der Waals surface area contributed by atoms with Gasteiger partial charge in [-0.1, -0.05) is 0 Å². The van der Waals surface area contributed by atoms with E-state index < -0.39 is 0 Å². The van der Waals surface area contributed by atoms with Crippen LogP contribution in [0.1, 0.15) is 24.2 Å². The second kappa shape index (κ2) is 4.18. The van der Waals surface area contributed by atoms with E-state index in [1.807, 2.05) is 26.1 Å². The van der Waals surface area contributed by atoms with Gasteiger partial charge in [-0.05, 0) is 13.8 Å². The SMILES string of the molecule is Cc1cc(NC(C)c2cn[nH]c2)nc(N)n1. The van der Waals surface area contributed by atoms with Gasteiger partial charge in [0, 0.05) is 23.5 Å². The molecule has 0 bridgehead atoms. The van der Waals surface area contributed by atoms with Gasteiger partial charge in [0.05, 0.1) is 12.2 Å². The minimum Gasteiger partial charge on any atom is -0.368 e. The largest absolute Gasteiger partial charge is 0.368 e. The Balaban J connectivity index is 2.15. The number of nitrogens with zero attached hydrogens (tertiary/aromatic N) is 3. The molecule has 0 fully saturated rings. The van der Waals surface area contributed by atoms with Crippen LogP contribution in [0.5, 0.6) is 0 Å². The van der Waals surface area contributed by atoms with Crippen LogP contribution < -0.4 is 11.1 Å². The van der Waals surface area contributed by atoms with Gasteiger partial charge < -0.3 is 11.1 Å². The Morgan fingerprint density at radius 1 is 1.44 bits per heavy atom. The van der Waals surface area contributed by atoms with Gasteiger partial charge in [0.15, 0.2) is 0 Å². The van der Waals surface area contributed by atoms with Crippen molar-refractivity contribution in [2.24, 2.45) is 0 Å². The lowest BCUT2D eigenvalue weighted by atomic mass is 10.2. The maximum atomic E-state index is 5.57. The van der Waals surface area contributed by atoms with Crippen LogP contribution in [0.2, 0.25) is 0 Å². The average molecular weight is 218 g/mol. The molecular formula is C10H14N6. The molecule has 0 aliphatic carbocycles. The summed E-state index contributed by atoms with van der Waals surface area (Å²) in [4.78, 5) is 8.12. The summed E-state index contributed by atoms with van der Waals surface area (Å²) >= 11 is 0. The van der Waals surface area contributed by atoms with Crippen LogP contribution in [-0.2, 0) is 0 Å². The van der Waals surface area contributed by atoms with Gasteiger partial charge in [-0.2, -0.15) is 10.1 Å². The van der Waals surface area contributed by atoms with Crippen molar-refractivity contribution in [3.8, 4) is 0 Å². The minimum absolute atomic E-state index is 0.118. The Bertz CT molecular complexity index is 444. The maximum absolute atomic E-state index is 5.57. The van der Waals surface area contributed by atoms with E-state index in [0.717, 1.165) is 17.1 Å². The summed E-state index contributed by atoms with van der Waals surface area (Å²) in [5.41, 5.74) is 7.48. The van der Waals surface area contributed by atoms with Crippen molar-refractivity contribution in [1.29, 1.82) is 0 Å². The molecule has 0 amide bonds. The van der Waals surface area contributed by atoms with E-state index in [9.17, 15) is 0 Å². The van der Waals surface area contributed by atoms with Crippen molar-refractivity contribution in [2.75, 3.05) is 11.1 Å². The monoisotopic (exact) mass is 218 g/mol. The van der Waals surface area contributed by atoms with E-state index in [0.29, 0.717) is 0 Å². The highest BCUT2D eigenvalue weighted by molar-refractivity contribution is 5.42. The lowest BCUT2D eigenvalue weighted by Gasteiger charge is -2.13. The van der Waals surface area contributed by atoms with Crippen LogP contribution in [0.3, 0.4) is 0 Å². The number of nitrogens with two attached hydrogens (primary N) is 1. The molecule has 4 N–H and O–H groups in total. The first-order chi connectivity index (χ1) is 7.65. The van der Waals surface area contributed by atoms with Crippen LogP contribution in [0.15, 0.2) is 18.5 Å². The standard InChI is InChI=1S/C10H14N6/c1-6-3-9(16-10(11)14-6)15-7(2)8-4-12-13-5-8/h3-5,7H,1-2H3,(H,12,13)(H3,11,14,15,16). The second-order valence-corrected chi connectivity index (χ2v) is 3.65. The van der Waals surface area contributed by atoms with Crippen LogP contribution in [-0.4, -0.2) is 20.2 Å². The number of nitrogen functional groups attached to an aromatic ring is 1. The number of aryl methyl sites for hydroxylation is 1. The quantitative estimate of drug-likeness (QED) is 0.721. The lowest BCUT2D eigenvalue weighted by molar-refractivity contribution is 0.872. The third-order valence-corrected chi connectivity index (χ3v) is 2.26. The van der Waals surface area contributed by atoms with Crippen LogP contribution in [0.25, 0.3) is 0 Å². The second-order valence-electron chi connectivity index (χ2n) is 3.65. The number of hydrogen-bond acceptors (Lipinski definition) is 5. The molecule has 6 nitrogen and oxygen atoms in total. The van der Waals surface area contributed by atoms with Crippen LogP contribution >= 0.6 is 0 Å². The molecule has 2 aromatic heterocycles. The minimum atomic E-state index is 0.118. The number of rotatable bonds is 3. The number of aromatic nitrogens is 4. The van der Waals surface area contributed by atoms with Gasteiger partial charge in [0.1, 0.15) is 5.82 Å². The molecule has 0 aromatic carbocycles. The zero-order valence-electron chi connectivity index (χ0n) is 9.23. The van der Waals surface area contributed by atoms with E-state index >= 15 is 0 Å². The van der Waals surface area contributed by atoms with Gasteiger partial charge in [0.25, 0.3) is 0 Å². The van der Waals surface area contributed by atoms with Crippen LogP contribution in [0.4, 0.5) is 11.8 Å². The summed E-state index contributed by atoms with van der Waals surface area (Å²) < 4.78 is 0. The Hall–Kier alpha value is -2.11. The fraction of sp³-hybridized carbons (Fsp3) is 0.300. The number of aromatic amines is 1. The van der Waals surface area contributed by atoms with E-state index in [1.54, 1.807) is 6.20 Å². The molecule has 2 heterocycles. The van der Waals surface area contributed by atoms with E-state index in [1.165, 1.54) is 0 Å². The molecule has 2 rings (SSSR count). The number of anilines is 2. The summed E-state index contributed by atoms with van der Waals surface area (Å²) in [6.07, 6.45) is 3.62. The molecule has 0 radical (unpaired) electrons. The van der Waals surface area contributed by atoms with Crippen molar-refractivity contribution < 1.29 is 0 Å². The first kappa shape index (κ1) is 10.4. The van der Waals surface area contributed by atoms with E-state index in [-0.39, 0.29) is 12.0 Å². The first-order valence-corrected chi connectivity index (χ1v) is 5.01. The Morgan fingerprint density at radius 2 is 2.25 bits per heavy atom. The molecule has 0 spiro atoms. The number of hydrogen-bond donors (Lipinski definition) is 3. The molecule has 2 aromatic rings. The third-order valence-electron chi connectivity index (χ3n) is 2.26. The zero-order chi connectivity index (χ0) is 11.5. The van der Waals surface area contributed by atoms with Gasteiger partial charge >= 0.3 is 0 Å². The molecule has 84 valence electrons. The highest BCUT2D eigenvalue weighted by Gasteiger charge is 2.07. The normalized spacial score (nSPS) is 12.4. The molecule has 16 heavy (non-hydrogen) atoms. The Morgan fingerprint density at radius 3 is 2.88 bits per heavy atom. The third kappa shape index (κ3) is 2.28. The Labute approximate surface area is 93.3 Å². The van der Waals surface area contributed by atoms with E-state index in [2.05, 4.69) is 25.5 Å². The topological polar surface area (TPSA) is 92.5 Å². The smallest absolute Gasteiger partial charge is 0.222 e. The number of H-pyrrole nitrogens is 1. The zero-order valence-corrected chi connectivity index (χ0v) is 9.23. The lowest BCUT2D eigenvalue weighted by Crippen LogP contribution is -2.09. The molecule has 1 atom stereocenters. The van der Waals surface area contributed by atoms with E-state index in [4.69, 9.17) is 5.73 Å². The molecule has 0 aliphatic rings. The van der Waals surface area contributed by atoms with Gasteiger partial charge in [-0.15, -0.1) is 0 Å². The van der Waals surface area contributed by atoms with Gasteiger partial charge in [-0.25, -0.2) is 4.98 Å². The van der Waals surface area contributed by atoms with Crippen molar-refractivity contribution in [2.45, 2.75) is 19.9 Å². The molecule has 0 aliphatic heterocycles. The van der Waals surface area contributed by atoms with Gasteiger partial charge in [0.2, 0.25) is 5.95 Å². The first-order valence-electron chi connectivity index (χ1n) is 5.01. The molecule has 6 heteroatoms. The summed E-state index contributed by atoms with van der Waals surface area (Å²) in [5, 5.41) is 9.90. The summed E-state index contributed by atoms with van der Waals surface area (Å²) in [7, 11) is 0. The van der Waals surface area contributed by atoms with Crippen molar-refractivity contribution in [3.05, 3.63) is 29.7 Å². The fourth-order valence-corrected chi connectivity index (χ4v) is 1.47. The fourth-order valence-electron chi connectivity index (χ4n) is 1.47. The maximum Gasteiger partial charge on any atom is 0.222 e. The predicted octanol–water partition coefficient (Wildman–Crippen LogP) is 1.26. The van der Waals surface area contributed by atoms with Crippen molar-refractivity contribution >= 4 is 11.8 Å². The Kier molecular flexibility index (Phi) is 2.72. The van der Waals surface area contributed by atoms with Gasteiger partial charge in [-0.3, -0.25) is 5.10 Å². The molecule has 0 saturated heterocycles. The van der Waals surface area contributed by atoms with Crippen molar-refractivity contribution in [3.63, 3.8) is 0 Å². The highest BCUT2D eigenvalue weighted by Crippen LogP contribution is 2.17. The van der Waals surface area contributed by atoms with Crippen molar-refractivity contribution in [1.82, 2.24) is 20.2 Å². The summed E-state index contributed by atoms with van der Waals surface area (Å²) in [6, 6.07) is 1.97. The molecule has 0 saturated carbocycles. The molecule has 1 unspecified atom stereocenters.